The Morgan fingerprint density at radius 3 is 2.67 bits per heavy atom. The molecular formula is C13H20ClN3O. The van der Waals surface area contributed by atoms with Gasteiger partial charge in [-0.05, 0) is 19.8 Å². The van der Waals surface area contributed by atoms with Crippen molar-refractivity contribution in [2.24, 2.45) is 7.05 Å². The monoisotopic (exact) mass is 269 g/mol. The zero-order valence-electron chi connectivity index (χ0n) is 11.0. The van der Waals surface area contributed by atoms with Gasteiger partial charge in [0.15, 0.2) is 0 Å². The van der Waals surface area contributed by atoms with Crippen molar-refractivity contribution in [3.63, 3.8) is 0 Å². The summed E-state index contributed by atoms with van der Waals surface area (Å²) in [4.78, 5) is 12.3. The normalized spacial score (nSPS) is 18.6. The van der Waals surface area contributed by atoms with Crippen molar-refractivity contribution in [2.75, 3.05) is 5.88 Å². The summed E-state index contributed by atoms with van der Waals surface area (Å²) in [7, 11) is 1.84. The van der Waals surface area contributed by atoms with Crippen LogP contribution in [-0.2, 0) is 7.05 Å². The van der Waals surface area contributed by atoms with E-state index in [9.17, 15) is 4.79 Å². The molecule has 0 spiro atoms. The van der Waals surface area contributed by atoms with Gasteiger partial charge in [0.05, 0.1) is 17.3 Å². The van der Waals surface area contributed by atoms with Crippen LogP contribution in [0.3, 0.4) is 0 Å². The zero-order chi connectivity index (χ0) is 13.2. The molecule has 1 aromatic heterocycles. The van der Waals surface area contributed by atoms with Gasteiger partial charge in [0.2, 0.25) is 0 Å². The predicted molar refractivity (Wildman–Crippen MR) is 71.9 cm³/mol. The smallest absolute Gasteiger partial charge is 0.255 e. The van der Waals surface area contributed by atoms with E-state index in [1.807, 2.05) is 14.0 Å². The number of hydrogen-bond acceptors (Lipinski definition) is 2. The van der Waals surface area contributed by atoms with Crippen molar-refractivity contribution >= 4 is 17.5 Å². The largest absolute Gasteiger partial charge is 0.345 e. The second kappa shape index (κ2) is 5.31. The Balaban J connectivity index is 2.12. The van der Waals surface area contributed by atoms with Crippen molar-refractivity contribution in [3.8, 4) is 0 Å². The average Bonchev–Trinajstić information content (AvgIpc) is 2.71. The molecule has 1 fully saturated rings. The van der Waals surface area contributed by atoms with Crippen LogP contribution in [0.2, 0.25) is 0 Å². The summed E-state index contributed by atoms with van der Waals surface area (Å²) in [5, 5.41) is 7.23. The highest BCUT2D eigenvalue weighted by Crippen LogP contribution is 2.29. The second-order valence-corrected chi connectivity index (χ2v) is 5.46. The Kier molecular flexibility index (Phi) is 3.95. The van der Waals surface area contributed by atoms with Gasteiger partial charge in [-0.3, -0.25) is 9.48 Å². The molecule has 0 bridgehead atoms. The van der Waals surface area contributed by atoms with E-state index in [0.29, 0.717) is 11.4 Å². The fraction of sp³-hybridized carbons (Fsp3) is 0.692. The molecule has 0 radical (unpaired) electrons. The number of nitrogens with one attached hydrogen (secondary N) is 1. The van der Waals surface area contributed by atoms with E-state index in [1.54, 1.807) is 10.9 Å². The summed E-state index contributed by atoms with van der Waals surface area (Å²) in [5.74, 6) is 0.432. The Bertz CT molecular complexity index is 435. The quantitative estimate of drug-likeness (QED) is 0.857. The molecule has 18 heavy (non-hydrogen) atoms. The lowest BCUT2D eigenvalue weighted by Gasteiger charge is -2.36. The molecule has 1 heterocycles. The third kappa shape index (κ3) is 2.53. The van der Waals surface area contributed by atoms with E-state index in [1.165, 1.54) is 6.42 Å². The van der Waals surface area contributed by atoms with Crippen LogP contribution in [-0.4, -0.2) is 27.1 Å². The minimum Gasteiger partial charge on any atom is -0.345 e. The first-order valence-corrected chi connectivity index (χ1v) is 6.98. The van der Waals surface area contributed by atoms with Crippen LogP contribution in [0.15, 0.2) is 6.20 Å². The summed E-state index contributed by atoms with van der Waals surface area (Å²) in [6.07, 6.45) is 7.08. The second-order valence-electron chi connectivity index (χ2n) is 5.20. The molecule has 1 aliphatic rings. The van der Waals surface area contributed by atoms with Gasteiger partial charge >= 0.3 is 0 Å². The van der Waals surface area contributed by atoms with Crippen LogP contribution in [0.5, 0.6) is 0 Å². The lowest BCUT2D eigenvalue weighted by atomic mass is 9.83. The molecule has 2 rings (SSSR count). The van der Waals surface area contributed by atoms with Crippen LogP contribution < -0.4 is 5.32 Å². The minimum absolute atomic E-state index is 0.0526. The van der Waals surface area contributed by atoms with Gasteiger partial charge in [-0.1, -0.05) is 19.3 Å². The lowest BCUT2D eigenvalue weighted by Crippen LogP contribution is -2.51. The number of alkyl halides is 1. The molecule has 1 N–H and O–H groups in total. The Morgan fingerprint density at radius 2 is 2.17 bits per heavy atom. The van der Waals surface area contributed by atoms with Gasteiger partial charge in [-0.15, -0.1) is 11.6 Å². The number of nitrogens with zero attached hydrogens (tertiary/aromatic N) is 2. The van der Waals surface area contributed by atoms with Crippen molar-refractivity contribution in [3.05, 3.63) is 17.5 Å². The molecule has 100 valence electrons. The van der Waals surface area contributed by atoms with Crippen LogP contribution in [0.4, 0.5) is 0 Å². The molecule has 1 saturated carbocycles. The van der Waals surface area contributed by atoms with Gasteiger partial charge < -0.3 is 5.32 Å². The highest BCUT2D eigenvalue weighted by molar-refractivity contribution is 6.19. The van der Waals surface area contributed by atoms with Crippen molar-refractivity contribution in [1.82, 2.24) is 15.1 Å². The van der Waals surface area contributed by atoms with Gasteiger partial charge in [-0.2, -0.15) is 5.10 Å². The Labute approximate surface area is 113 Å². The molecule has 0 atom stereocenters. The van der Waals surface area contributed by atoms with Crippen molar-refractivity contribution < 1.29 is 4.79 Å². The first-order chi connectivity index (χ1) is 8.58. The van der Waals surface area contributed by atoms with Crippen LogP contribution in [0, 0.1) is 6.92 Å². The highest BCUT2D eigenvalue weighted by Gasteiger charge is 2.33. The van der Waals surface area contributed by atoms with Gasteiger partial charge in [0.1, 0.15) is 0 Å². The molecule has 1 aromatic rings. The number of halogens is 1. The summed E-state index contributed by atoms with van der Waals surface area (Å²) < 4.78 is 1.71. The highest BCUT2D eigenvalue weighted by atomic mass is 35.5. The maximum absolute atomic E-state index is 12.3. The van der Waals surface area contributed by atoms with Crippen LogP contribution >= 0.6 is 11.6 Å². The molecule has 0 saturated heterocycles. The molecule has 5 heteroatoms. The maximum Gasteiger partial charge on any atom is 0.255 e. The van der Waals surface area contributed by atoms with Gasteiger partial charge in [0, 0.05) is 18.6 Å². The van der Waals surface area contributed by atoms with Crippen molar-refractivity contribution in [1.29, 1.82) is 0 Å². The number of carbonyl (C=O) groups is 1. The SMILES string of the molecule is Cc1c(C(=O)NC2(CCl)CCCCC2)cnn1C. The van der Waals surface area contributed by atoms with Crippen LogP contribution in [0.25, 0.3) is 0 Å². The number of rotatable bonds is 3. The van der Waals surface area contributed by atoms with E-state index in [2.05, 4.69) is 10.4 Å². The average molecular weight is 270 g/mol. The number of hydrogen-bond donors (Lipinski definition) is 1. The molecule has 0 unspecified atom stereocenters. The van der Waals surface area contributed by atoms with E-state index in [-0.39, 0.29) is 11.4 Å². The van der Waals surface area contributed by atoms with E-state index in [4.69, 9.17) is 11.6 Å². The molecule has 1 aliphatic carbocycles. The first kappa shape index (κ1) is 13.4. The van der Waals surface area contributed by atoms with E-state index >= 15 is 0 Å². The number of carbonyl (C=O) groups excluding carboxylic acids is 1. The van der Waals surface area contributed by atoms with Gasteiger partial charge in [0.25, 0.3) is 5.91 Å². The summed E-state index contributed by atoms with van der Waals surface area (Å²) in [6, 6.07) is 0. The topological polar surface area (TPSA) is 46.9 Å². The third-order valence-electron chi connectivity index (χ3n) is 3.93. The molecule has 4 nitrogen and oxygen atoms in total. The lowest BCUT2D eigenvalue weighted by molar-refractivity contribution is 0.0884. The maximum atomic E-state index is 12.3. The molecule has 0 aromatic carbocycles. The standard InChI is InChI=1S/C13H20ClN3O/c1-10-11(8-15-17(10)2)12(18)16-13(9-14)6-4-3-5-7-13/h8H,3-7,9H2,1-2H3,(H,16,18). The van der Waals surface area contributed by atoms with E-state index < -0.39 is 0 Å². The Hall–Kier alpha value is -1.03. The predicted octanol–water partition coefficient (Wildman–Crippen LogP) is 2.40. The number of aromatic nitrogens is 2. The zero-order valence-corrected chi connectivity index (χ0v) is 11.8. The van der Waals surface area contributed by atoms with Crippen molar-refractivity contribution in [2.45, 2.75) is 44.6 Å². The minimum atomic E-state index is -0.223. The molecular weight excluding hydrogens is 250 g/mol. The first-order valence-electron chi connectivity index (χ1n) is 6.45. The molecule has 1 amide bonds. The summed E-state index contributed by atoms with van der Waals surface area (Å²) in [6.45, 7) is 1.90. The Morgan fingerprint density at radius 1 is 1.50 bits per heavy atom. The summed E-state index contributed by atoms with van der Waals surface area (Å²) in [5.41, 5.74) is 1.31. The van der Waals surface area contributed by atoms with Gasteiger partial charge in [-0.25, -0.2) is 0 Å². The summed E-state index contributed by atoms with van der Waals surface area (Å²) >= 11 is 6.08. The number of amides is 1. The van der Waals surface area contributed by atoms with Crippen LogP contribution in [0.1, 0.15) is 48.2 Å². The fourth-order valence-corrected chi connectivity index (χ4v) is 2.88. The van der Waals surface area contributed by atoms with E-state index in [0.717, 1.165) is 31.4 Å². The fourth-order valence-electron chi connectivity index (χ4n) is 2.55. The number of aryl methyl sites for hydroxylation is 1. The molecule has 0 aliphatic heterocycles. The third-order valence-corrected chi connectivity index (χ3v) is 4.44.